The van der Waals surface area contributed by atoms with E-state index < -0.39 is 11.6 Å². The number of anilines is 1. The minimum Gasteiger partial charge on any atom is -0.383 e. The summed E-state index contributed by atoms with van der Waals surface area (Å²) in [6, 6.07) is 15.4. The van der Waals surface area contributed by atoms with Crippen LogP contribution in [0.5, 0.6) is 0 Å². The molecule has 2 N–H and O–H groups in total. The predicted molar refractivity (Wildman–Crippen MR) is 123 cm³/mol. The molecule has 5 rings (SSSR count). The maximum atomic E-state index is 14.1. The zero-order valence-electron chi connectivity index (χ0n) is 18.3. The number of fused-ring (bicyclic) bond motifs is 1. The minimum atomic E-state index is -0.426. The lowest BCUT2D eigenvalue weighted by atomic mass is 9.75. The number of pyridine rings is 1. The van der Waals surface area contributed by atoms with Crippen molar-refractivity contribution in [1.82, 2.24) is 14.5 Å². The Kier molecular flexibility index (Phi) is 4.85. The van der Waals surface area contributed by atoms with Gasteiger partial charge in [0.05, 0.1) is 11.4 Å². The number of nitrogens with two attached hydrogens (primary N) is 1. The van der Waals surface area contributed by atoms with Gasteiger partial charge in [-0.1, -0.05) is 32.0 Å². The highest BCUT2D eigenvalue weighted by Gasteiger charge is 2.32. The van der Waals surface area contributed by atoms with Crippen LogP contribution in [0.4, 0.5) is 14.6 Å². The molecule has 0 spiro atoms. The lowest BCUT2D eigenvalue weighted by Gasteiger charge is -2.29. The lowest BCUT2D eigenvalue weighted by molar-refractivity contribution is 0.0910. The second-order valence-corrected chi connectivity index (χ2v) is 9.13. The van der Waals surface area contributed by atoms with Crippen molar-refractivity contribution in [1.29, 1.82) is 0 Å². The monoisotopic (exact) mass is 444 g/mol. The van der Waals surface area contributed by atoms with E-state index in [0.717, 1.165) is 0 Å². The zero-order valence-corrected chi connectivity index (χ0v) is 18.3. The maximum Gasteiger partial charge on any atom is 0.165 e. The van der Waals surface area contributed by atoms with Crippen molar-refractivity contribution in [2.24, 2.45) is 5.41 Å². The standard InChI is InChI=1S/C26H22F2N4O/c1-26(2)13-21-19(22(33)14-26)9-10-20(30-21)25-31-23(15-5-3-6-16(27)11-15)24(29)32(25)18-8-4-7-17(28)12-18/h3-12H,13-14,29H2,1-2H3. The molecule has 1 aliphatic rings. The molecule has 166 valence electrons. The number of carbonyl (C=O) groups is 1. The minimum absolute atomic E-state index is 0.0636. The van der Waals surface area contributed by atoms with Gasteiger partial charge in [0.15, 0.2) is 11.6 Å². The summed E-state index contributed by atoms with van der Waals surface area (Å²) in [6.45, 7) is 4.08. The van der Waals surface area contributed by atoms with Crippen LogP contribution in [0.15, 0.2) is 60.7 Å². The summed E-state index contributed by atoms with van der Waals surface area (Å²) in [5, 5.41) is 0. The molecule has 2 heterocycles. The third-order valence-electron chi connectivity index (χ3n) is 5.87. The first-order chi connectivity index (χ1) is 15.7. The Hall–Kier alpha value is -3.87. The van der Waals surface area contributed by atoms with Gasteiger partial charge in [-0.25, -0.2) is 18.7 Å². The van der Waals surface area contributed by atoms with Gasteiger partial charge in [-0.15, -0.1) is 0 Å². The van der Waals surface area contributed by atoms with Gasteiger partial charge in [-0.3, -0.25) is 9.36 Å². The van der Waals surface area contributed by atoms with Crippen molar-refractivity contribution in [3.63, 3.8) is 0 Å². The number of hydrogen-bond acceptors (Lipinski definition) is 4. The molecule has 4 aromatic rings. The summed E-state index contributed by atoms with van der Waals surface area (Å²) in [5.74, 6) is -0.159. The smallest absolute Gasteiger partial charge is 0.165 e. The van der Waals surface area contributed by atoms with E-state index in [9.17, 15) is 13.6 Å². The van der Waals surface area contributed by atoms with Gasteiger partial charge in [-0.2, -0.15) is 0 Å². The molecule has 2 aromatic heterocycles. The molecule has 33 heavy (non-hydrogen) atoms. The van der Waals surface area contributed by atoms with Crippen molar-refractivity contribution in [2.75, 3.05) is 5.73 Å². The average Bonchev–Trinajstić information content (AvgIpc) is 3.09. The summed E-state index contributed by atoms with van der Waals surface area (Å²) in [6.07, 6.45) is 1.12. The van der Waals surface area contributed by atoms with Crippen molar-refractivity contribution < 1.29 is 13.6 Å². The number of nitrogen functional groups attached to an aromatic ring is 1. The van der Waals surface area contributed by atoms with E-state index in [1.807, 2.05) is 13.8 Å². The van der Waals surface area contributed by atoms with Crippen LogP contribution in [-0.2, 0) is 6.42 Å². The second-order valence-electron chi connectivity index (χ2n) is 9.13. The zero-order chi connectivity index (χ0) is 23.3. The molecular weight excluding hydrogens is 422 g/mol. The first kappa shape index (κ1) is 21.0. The van der Waals surface area contributed by atoms with Crippen LogP contribution in [-0.4, -0.2) is 20.3 Å². The summed E-state index contributed by atoms with van der Waals surface area (Å²) >= 11 is 0. The highest BCUT2D eigenvalue weighted by Crippen LogP contribution is 2.37. The van der Waals surface area contributed by atoms with Crippen molar-refractivity contribution >= 4 is 11.6 Å². The molecule has 0 atom stereocenters. The molecule has 0 saturated carbocycles. The van der Waals surface area contributed by atoms with Crippen LogP contribution in [0.2, 0.25) is 0 Å². The summed E-state index contributed by atoms with van der Waals surface area (Å²) in [7, 11) is 0. The van der Waals surface area contributed by atoms with Crippen LogP contribution < -0.4 is 5.73 Å². The molecule has 0 unspecified atom stereocenters. The molecule has 5 nitrogen and oxygen atoms in total. The Bertz CT molecular complexity index is 1410. The Morgan fingerprint density at radius 1 is 0.939 bits per heavy atom. The van der Waals surface area contributed by atoms with E-state index in [4.69, 9.17) is 15.7 Å². The molecule has 0 saturated heterocycles. The summed E-state index contributed by atoms with van der Waals surface area (Å²) in [4.78, 5) is 22.1. The van der Waals surface area contributed by atoms with E-state index in [1.165, 1.54) is 24.3 Å². The van der Waals surface area contributed by atoms with Crippen LogP contribution in [0.1, 0.15) is 36.3 Å². The number of halogens is 2. The topological polar surface area (TPSA) is 73.8 Å². The molecule has 0 bridgehead atoms. The van der Waals surface area contributed by atoms with Crippen molar-refractivity contribution in [3.05, 3.63) is 83.6 Å². The van der Waals surface area contributed by atoms with Crippen molar-refractivity contribution in [2.45, 2.75) is 26.7 Å². The number of hydrogen-bond donors (Lipinski definition) is 1. The predicted octanol–water partition coefficient (Wildman–Crippen LogP) is 5.62. The molecule has 0 fully saturated rings. The van der Waals surface area contributed by atoms with Gasteiger partial charge in [0.1, 0.15) is 28.8 Å². The number of rotatable bonds is 3. The number of nitrogens with zero attached hydrogens (tertiary/aromatic N) is 3. The van der Waals surface area contributed by atoms with Gasteiger partial charge in [0.25, 0.3) is 0 Å². The van der Waals surface area contributed by atoms with Crippen LogP contribution in [0.3, 0.4) is 0 Å². The van der Waals surface area contributed by atoms with Gasteiger partial charge >= 0.3 is 0 Å². The molecule has 1 aliphatic carbocycles. The molecule has 0 amide bonds. The van der Waals surface area contributed by atoms with Crippen LogP contribution in [0, 0.1) is 17.0 Å². The highest BCUT2D eigenvalue weighted by molar-refractivity contribution is 5.98. The Balaban J connectivity index is 1.74. The molecule has 2 aromatic carbocycles. The normalized spacial score (nSPS) is 14.8. The number of benzene rings is 2. The molecular formula is C26H22F2N4O. The fourth-order valence-corrected chi connectivity index (χ4v) is 4.39. The van der Waals surface area contributed by atoms with Gasteiger partial charge in [-0.05, 0) is 54.3 Å². The van der Waals surface area contributed by atoms with Gasteiger partial charge < -0.3 is 5.73 Å². The fraction of sp³-hybridized carbons (Fsp3) is 0.192. The van der Waals surface area contributed by atoms with E-state index in [2.05, 4.69) is 0 Å². The number of ketones is 1. The summed E-state index contributed by atoms with van der Waals surface area (Å²) in [5.41, 5.74) is 9.43. The van der Waals surface area contributed by atoms with E-state index in [0.29, 0.717) is 52.6 Å². The highest BCUT2D eigenvalue weighted by atomic mass is 19.1. The van der Waals surface area contributed by atoms with Gasteiger partial charge in [0, 0.05) is 17.5 Å². The quantitative estimate of drug-likeness (QED) is 0.445. The number of imidazole rings is 1. The third-order valence-corrected chi connectivity index (χ3v) is 5.87. The fourth-order valence-electron chi connectivity index (χ4n) is 4.39. The van der Waals surface area contributed by atoms with E-state index in [-0.39, 0.29) is 17.0 Å². The van der Waals surface area contributed by atoms with Crippen LogP contribution in [0.25, 0.3) is 28.5 Å². The second kappa shape index (κ2) is 7.62. The van der Waals surface area contributed by atoms with E-state index in [1.54, 1.807) is 41.0 Å². The lowest BCUT2D eigenvalue weighted by Crippen LogP contribution is -2.28. The Labute approximate surface area is 189 Å². The SMILES string of the molecule is CC1(C)CC(=O)c2ccc(-c3nc(-c4cccc(F)c4)c(N)n3-c3cccc(F)c3)nc2C1. The number of aromatic nitrogens is 3. The molecule has 0 aliphatic heterocycles. The number of carbonyl (C=O) groups excluding carboxylic acids is 1. The van der Waals surface area contributed by atoms with Crippen LogP contribution >= 0.6 is 0 Å². The first-order valence-corrected chi connectivity index (χ1v) is 10.7. The first-order valence-electron chi connectivity index (χ1n) is 10.7. The maximum absolute atomic E-state index is 14.1. The van der Waals surface area contributed by atoms with Gasteiger partial charge in [0.2, 0.25) is 0 Å². The van der Waals surface area contributed by atoms with Crippen molar-refractivity contribution in [3.8, 4) is 28.5 Å². The summed E-state index contributed by atoms with van der Waals surface area (Å²) < 4.78 is 29.6. The Morgan fingerprint density at radius 2 is 1.67 bits per heavy atom. The van der Waals surface area contributed by atoms with E-state index >= 15 is 0 Å². The number of Topliss-reactive ketones (excluding diaryl/α,β-unsaturated/α-hetero) is 1. The molecule has 0 radical (unpaired) electrons. The third kappa shape index (κ3) is 3.80. The largest absolute Gasteiger partial charge is 0.383 e. The average molecular weight is 444 g/mol. The molecule has 7 heteroatoms. The Morgan fingerprint density at radius 3 is 2.39 bits per heavy atom.